The van der Waals surface area contributed by atoms with Crippen LogP contribution >= 0.6 is 11.3 Å². The van der Waals surface area contributed by atoms with Crippen molar-refractivity contribution in [2.24, 2.45) is 0 Å². The van der Waals surface area contributed by atoms with Gasteiger partial charge in [-0.1, -0.05) is 23.5 Å². The molecule has 9 heteroatoms. The molecule has 0 radical (unpaired) electrons. The number of rotatable bonds is 5. The lowest BCUT2D eigenvalue weighted by atomic mass is 10.1. The lowest BCUT2D eigenvalue weighted by molar-refractivity contribution is 0.102. The number of nitrogens with zero attached hydrogens (tertiary/aromatic N) is 4. The van der Waals surface area contributed by atoms with Crippen molar-refractivity contribution in [3.8, 4) is 22.1 Å². The summed E-state index contributed by atoms with van der Waals surface area (Å²) in [4.78, 5) is 13.6. The number of nitrogens with one attached hydrogen (secondary N) is 1. The average molecular weight is 409 g/mol. The lowest BCUT2D eigenvalue weighted by Gasteiger charge is -2.13. The molecule has 1 amide bonds. The number of amides is 1. The number of hydrogen-bond acceptors (Lipinski definition) is 7. The van der Waals surface area contributed by atoms with Gasteiger partial charge in [0.25, 0.3) is 5.91 Å². The number of aryl methyl sites for hydroxylation is 2. The number of hydrogen-bond donors (Lipinski definition) is 1. The third-order valence-corrected chi connectivity index (χ3v) is 5.48. The van der Waals surface area contributed by atoms with Gasteiger partial charge in [-0.05, 0) is 37.6 Å². The third-order valence-electron chi connectivity index (χ3n) is 4.53. The molecule has 0 spiro atoms. The van der Waals surface area contributed by atoms with Gasteiger partial charge in [0.2, 0.25) is 4.96 Å². The number of fused-ring (bicyclic) bond motifs is 1. The molecule has 0 fully saturated rings. The zero-order valence-electron chi connectivity index (χ0n) is 16.4. The molecule has 2 heterocycles. The van der Waals surface area contributed by atoms with Gasteiger partial charge in [-0.2, -0.15) is 9.61 Å². The van der Waals surface area contributed by atoms with Gasteiger partial charge in [-0.15, -0.1) is 10.2 Å². The zero-order valence-corrected chi connectivity index (χ0v) is 17.2. The number of carbonyl (C=O) groups excluding carboxylic acids is 1. The van der Waals surface area contributed by atoms with Crippen molar-refractivity contribution in [3.05, 3.63) is 53.3 Å². The first-order chi connectivity index (χ1) is 14.0. The van der Waals surface area contributed by atoms with Crippen LogP contribution in [0.1, 0.15) is 21.7 Å². The predicted molar refractivity (Wildman–Crippen MR) is 111 cm³/mol. The minimum absolute atomic E-state index is 0.265. The molecule has 1 N–H and O–H groups in total. The van der Waals surface area contributed by atoms with E-state index >= 15 is 0 Å². The zero-order chi connectivity index (χ0) is 20.5. The molecule has 2 aromatic carbocycles. The van der Waals surface area contributed by atoms with Crippen LogP contribution in [0.3, 0.4) is 0 Å². The van der Waals surface area contributed by atoms with Gasteiger partial charge in [-0.3, -0.25) is 4.79 Å². The number of anilines is 1. The summed E-state index contributed by atoms with van der Waals surface area (Å²) in [5.74, 6) is 1.53. The first-order valence-electron chi connectivity index (χ1n) is 8.83. The summed E-state index contributed by atoms with van der Waals surface area (Å²) in [5, 5.41) is 16.4. The highest BCUT2D eigenvalue weighted by molar-refractivity contribution is 7.19. The fraction of sp³-hybridized carbons (Fsp3) is 0.200. The van der Waals surface area contributed by atoms with Crippen molar-refractivity contribution in [3.63, 3.8) is 0 Å². The summed E-state index contributed by atoms with van der Waals surface area (Å²) >= 11 is 1.44. The molecule has 29 heavy (non-hydrogen) atoms. The van der Waals surface area contributed by atoms with Gasteiger partial charge >= 0.3 is 0 Å². The van der Waals surface area contributed by atoms with E-state index in [1.165, 1.54) is 18.4 Å². The van der Waals surface area contributed by atoms with Crippen molar-refractivity contribution in [2.75, 3.05) is 19.5 Å². The molecule has 0 saturated carbocycles. The van der Waals surface area contributed by atoms with E-state index in [1.807, 2.05) is 32.0 Å². The predicted octanol–water partition coefficient (Wildman–Crippen LogP) is 3.74. The van der Waals surface area contributed by atoms with E-state index in [2.05, 4.69) is 20.6 Å². The van der Waals surface area contributed by atoms with E-state index in [0.717, 1.165) is 26.9 Å². The van der Waals surface area contributed by atoms with Crippen LogP contribution < -0.4 is 14.8 Å². The first kappa shape index (κ1) is 18.9. The Morgan fingerprint density at radius 2 is 1.90 bits per heavy atom. The van der Waals surface area contributed by atoms with Crippen molar-refractivity contribution < 1.29 is 14.3 Å². The summed E-state index contributed by atoms with van der Waals surface area (Å²) in [6.07, 6.45) is 0. The second-order valence-corrected chi connectivity index (χ2v) is 7.35. The lowest BCUT2D eigenvalue weighted by Crippen LogP contribution is -2.14. The molecule has 4 rings (SSSR count). The summed E-state index contributed by atoms with van der Waals surface area (Å²) in [6, 6.07) is 10.9. The number of benzene rings is 2. The highest BCUT2D eigenvalue weighted by atomic mass is 32.1. The number of methoxy groups -OCH3 is 2. The van der Waals surface area contributed by atoms with Crippen LogP contribution in [0.5, 0.6) is 11.5 Å². The van der Waals surface area contributed by atoms with Gasteiger partial charge in [0.1, 0.15) is 16.5 Å². The second-order valence-electron chi connectivity index (χ2n) is 6.40. The van der Waals surface area contributed by atoms with E-state index in [-0.39, 0.29) is 5.91 Å². The Morgan fingerprint density at radius 3 is 2.62 bits per heavy atom. The smallest absolute Gasteiger partial charge is 0.259 e. The molecular weight excluding hydrogens is 390 g/mol. The van der Waals surface area contributed by atoms with E-state index in [0.29, 0.717) is 22.7 Å². The molecule has 0 aliphatic rings. The largest absolute Gasteiger partial charge is 0.497 e. The van der Waals surface area contributed by atoms with Gasteiger partial charge < -0.3 is 14.8 Å². The summed E-state index contributed by atoms with van der Waals surface area (Å²) in [7, 11) is 3.09. The Balaban J connectivity index is 1.65. The van der Waals surface area contributed by atoms with Crippen LogP contribution in [0.4, 0.5) is 5.69 Å². The molecule has 4 aromatic rings. The number of aromatic nitrogens is 4. The third kappa shape index (κ3) is 3.52. The highest BCUT2D eigenvalue weighted by Crippen LogP contribution is 2.30. The molecule has 148 valence electrons. The molecule has 0 atom stereocenters. The van der Waals surface area contributed by atoms with Gasteiger partial charge in [-0.25, -0.2) is 0 Å². The summed E-state index contributed by atoms with van der Waals surface area (Å²) in [5.41, 5.74) is 2.96. The minimum atomic E-state index is -0.265. The quantitative estimate of drug-likeness (QED) is 0.540. The van der Waals surface area contributed by atoms with Crippen LogP contribution in [0, 0.1) is 13.8 Å². The molecular formula is C20H19N5O3S. The Bertz CT molecular complexity index is 1210. The Kier molecular flexibility index (Phi) is 4.89. The molecule has 0 bridgehead atoms. The van der Waals surface area contributed by atoms with Gasteiger partial charge in [0.15, 0.2) is 5.82 Å². The van der Waals surface area contributed by atoms with Crippen LogP contribution in [-0.4, -0.2) is 39.9 Å². The Hall–Kier alpha value is -3.46. The van der Waals surface area contributed by atoms with Crippen molar-refractivity contribution in [1.29, 1.82) is 0 Å². The SMILES string of the molecule is COc1ccc(C(=O)Nc2cc(-c3nn4c(C)nnc4s3)ccc2C)c(OC)c1. The molecule has 0 aliphatic carbocycles. The second kappa shape index (κ2) is 7.51. The summed E-state index contributed by atoms with van der Waals surface area (Å²) in [6.45, 7) is 3.79. The molecule has 0 saturated heterocycles. The van der Waals surface area contributed by atoms with E-state index in [9.17, 15) is 4.79 Å². The van der Waals surface area contributed by atoms with Crippen LogP contribution in [0.25, 0.3) is 15.5 Å². The van der Waals surface area contributed by atoms with Crippen molar-refractivity contribution >= 4 is 27.9 Å². The van der Waals surface area contributed by atoms with Gasteiger partial charge in [0.05, 0.1) is 19.8 Å². The number of ether oxygens (including phenoxy) is 2. The van der Waals surface area contributed by atoms with E-state index in [1.54, 1.807) is 29.8 Å². The van der Waals surface area contributed by atoms with E-state index in [4.69, 9.17) is 9.47 Å². The van der Waals surface area contributed by atoms with Crippen molar-refractivity contribution in [1.82, 2.24) is 19.8 Å². The van der Waals surface area contributed by atoms with Crippen LogP contribution in [0.15, 0.2) is 36.4 Å². The van der Waals surface area contributed by atoms with Gasteiger partial charge in [0, 0.05) is 17.3 Å². The monoisotopic (exact) mass is 409 g/mol. The topological polar surface area (TPSA) is 90.6 Å². The van der Waals surface area contributed by atoms with E-state index < -0.39 is 0 Å². The standard InChI is InChI=1S/C20H19N5O3S/c1-11-5-6-13(19-24-25-12(2)22-23-20(25)29-19)9-16(11)21-18(26)15-8-7-14(27-3)10-17(15)28-4/h5-10H,1-4H3,(H,21,26). The fourth-order valence-electron chi connectivity index (χ4n) is 2.90. The minimum Gasteiger partial charge on any atom is -0.497 e. The number of carbonyl (C=O) groups is 1. The molecule has 0 unspecified atom stereocenters. The van der Waals surface area contributed by atoms with Crippen LogP contribution in [0.2, 0.25) is 0 Å². The normalized spacial score (nSPS) is 10.9. The molecule has 2 aromatic heterocycles. The average Bonchev–Trinajstić information content (AvgIpc) is 3.31. The fourth-order valence-corrected chi connectivity index (χ4v) is 3.78. The maximum atomic E-state index is 12.9. The summed E-state index contributed by atoms with van der Waals surface area (Å²) < 4.78 is 12.2. The van der Waals surface area contributed by atoms with Crippen LogP contribution in [-0.2, 0) is 0 Å². The Morgan fingerprint density at radius 1 is 1.07 bits per heavy atom. The maximum absolute atomic E-state index is 12.9. The maximum Gasteiger partial charge on any atom is 0.259 e. The first-order valence-corrected chi connectivity index (χ1v) is 9.65. The molecule has 8 nitrogen and oxygen atoms in total. The highest BCUT2D eigenvalue weighted by Gasteiger charge is 2.16. The Labute approximate surface area is 171 Å². The molecule has 0 aliphatic heterocycles. The van der Waals surface area contributed by atoms with Crippen molar-refractivity contribution in [2.45, 2.75) is 13.8 Å².